The van der Waals surface area contributed by atoms with E-state index in [4.69, 9.17) is 9.47 Å². The van der Waals surface area contributed by atoms with Crippen LogP contribution in [0.2, 0.25) is 0 Å². The van der Waals surface area contributed by atoms with Crippen LogP contribution in [0.4, 0.5) is 10.7 Å². The zero-order chi connectivity index (χ0) is 24.5. The molecule has 0 radical (unpaired) electrons. The number of carbonyl (C=O) groups is 1. The van der Waals surface area contributed by atoms with Crippen LogP contribution in [0.25, 0.3) is 0 Å². The first-order valence-electron chi connectivity index (χ1n) is 11.8. The van der Waals surface area contributed by atoms with Crippen molar-refractivity contribution >= 4 is 12.0 Å². The maximum atomic E-state index is 12.6. The molecule has 0 aliphatic carbocycles. The normalized spacial score (nSPS) is 18.3. The van der Waals surface area contributed by atoms with Crippen LogP contribution >= 0.6 is 0 Å². The van der Waals surface area contributed by atoms with E-state index in [1.165, 1.54) is 4.57 Å². The number of benzene rings is 1. The van der Waals surface area contributed by atoms with Crippen molar-refractivity contribution in [2.75, 3.05) is 31.6 Å². The molecule has 184 valence electrons. The van der Waals surface area contributed by atoms with Crippen LogP contribution in [0.1, 0.15) is 69.7 Å². The molecule has 10 heteroatoms. The molecule has 2 saturated heterocycles. The molecule has 2 aliphatic rings. The summed E-state index contributed by atoms with van der Waals surface area (Å²) in [6.45, 7) is 9.79. The zero-order valence-electron chi connectivity index (χ0n) is 20.2. The molecule has 2 fully saturated rings. The van der Waals surface area contributed by atoms with Crippen molar-refractivity contribution in [2.24, 2.45) is 0 Å². The number of amides is 1. The molecule has 10 nitrogen and oxygen atoms in total. The third-order valence-electron chi connectivity index (χ3n) is 6.18. The number of nitrogens with one attached hydrogen (secondary N) is 2. The van der Waals surface area contributed by atoms with Crippen molar-refractivity contribution in [1.82, 2.24) is 19.4 Å². The highest BCUT2D eigenvalue weighted by Gasteiger charge is 2.34. The first-order valence-corrected chi connectivity index (χ1v) is 11.8. The number of ether oxygens (including phenoxy) is 2. The van der Waals surface area contributed by atoms with E-state index in [2.05, 4.69) is 21.4 Å². The van der Waals surface area contributed by atoms with Crippen LogP contribution in [0.5, 0.6) is 0 Å². The highest BCUT2D eigenvalue weighted by Crippen LogP contribution is 2.30. The maximum absolute atomic E-state index is 12.6. The van der Waals surface area contributed by atoms with Gasteiger partial charge in [-0.3, -0.25) is 4.98 Å². The summed E-state index contributed by atoms with van der Waals surface area (Å²) in [5.74, 6) is 0.386. The van der Waals surface area contributed by atoms with E-state index in [1.807, 2.05) is 45.9 Å². The van der Waals surface area contributed by atoms with Crippen LogP contribution in [-0.4, -0.2) is 57.4 Å². The summed E-state index contributed by atoms with van der Waals surface area (Å²) in [6.07, 6.45) is 0.945. The molecule has 4 rings (SSSR count). The van der Waals surface area contributed by atoms with Crippen molar-refractivity contribution in [1.29, 1.82) is 0 Å². The molecule has 0 bridgehead atoms. The van der Waals surface area contributed by atoms with E-state index in [0.717, 1.165) is 11.1 Å². The molecule has 34 heavy (non-hydrogen) atoms. The molecule has 0 saturated carbocycles. The summed E-state index contributed by atoms with van der Waals surface area (Å²) in [7, 11) is 0. The number of aromatic amines is 1. The lowest BCUT2D eigenvalue weighted by atomic mass is 9.90. The second-order valence-corrected chi connectivity index (χ2v) is 10.0. The topological polar surface area (TPSA) is 119 Å². The smallest absolute Gasteiger partial charge is 0.410 e. The molecule has 3 heterocycles. The number of carbonyl (C=O) groups excluding carboxylic acids is 1. The molecule has 0 unspecified atom stereocenters. The number of nitrogens with zero attached hydrogens (tertiary/aromatic N) is 3. The Balaban J connectivity index is 1.40. The average molecular weight is 472 g/mol. The summed E-state index contributed by atoms with van der Waals surface area (Å²) in [6, 6.07) is 7.69. The Labute approximate surface area is 198 Å². The van der Waals surface area contributed by atoms with Crippen molar-refractivity contribution in [3.05, 3.63) is 56.4 Å². The van der Waals surface area contributed by atoms with Crippen LogP contribution in [0, 0.1) is 0 Å². The molecule has 1 aromatic carbocycles. The minimum Gasteiger partial charge on any atom is -0.444 e. The number of hydrogen-bond donors (Lipinski definition) is 2. The summed E-state index contributed by atoms with van der Waals surface area (Å²) >= 11 is 0. The monoisotopic (exact) mass is 471 g/mol. The quantitative estimate of drug-likeness (QED) is 0.688. The second-order valence-electron chi connectivity index (χ2n) is 10.0. The maximum Gasteiger partial charge on any atom is 0.410 e. The number of rotatable bonds is 5. The SMILES string of the molecule is C[C@H](Nc1nc(=O)n(C2CCOCC2)c(=O)[nH]1)c1cccc(C2CN(C(=O)OC(C)(C)C)C2)c1. The molecule has 1 aromatic heterocycles. The lowest BCUT2D eigenvalue weighted by Crippen LogP contribution is -2.50. The van der Waals surface area contributed by atoms with Gasteiger partial charge in [0.05, 0.1) is 6.04 Å². The summed E-state index contributed by atoms with van der Waals surface area (Å²) in [4.78, 5) is 45.8. The first-order chi connectivity index (χ1) is 16.1. The molecule has 2 N–H and O–H groups in total. The van der Waals surface area contributed by atoms with Gasteiger partial charge in [0.25, 0.3) is 0 Å². The van der Waals surface area contributed by atoms with Crippen molar-refractivity contribution in [2.45, 2.75) is 64.1 Å². The molecule has 2 aliphatic heterocycles. The Kier molecular flexibility index (Phi) is 6.79. The van der Waals surface area contributed by atoms with E-state index < -0.39 is 17.0 Å². The molecule has 0 spiro atoms. The third kappa shape index (κ3) is 5.49. The molecule has 1 atom stereocenters. The minimum atomic E-state index is -0.559. The number of anilines is 1. The van der Waals surface area contributed by atoms with Gasteiger partial charge in [-0.1, -0.05) is 24.3 Å². The van der Waals surface area contributed by atoms with Gasteiger partial charge in [0.15, 0.2) is 0 Å². The van der Waals surface area contributed by atoms with Gasteiger partial charge in [-0.2, -0.15) is 4.98 Å². The van der Waals surface area contributed by atoms with Gasteiger partial charge in [-0.15, -0.1) is 0 Å². The number of aromatic nitrogens is 3. The van der Waals surface area contributed by atoms with E-state index in [0.29, 0.717) is 39.1 Å². The Hall–Kier alpha value is -3.14. The van der Waals surface area contributed by atoms with Gasteiger partial charge >= 0.3 is 17.5 Å². The Morgan fingerprint density at radius 2 is 1.94 bits per heavy atom. The van der Waals surface area contributed by atoms with Gasteiger partial charge in [0.2, 0.25) is 5.95 Å². The Morgan fingerprint density at radius 1 is 1.24 bits per heavy atom. The predicted molar refractivity (Wildman–Crippen MR) is 127 cm³/mol. The van der Waals surface area contributed by atoms with Crippen LogP contribution < -0.4 is 16.7 Å². The number of hydrogen-bond acceptors (Lipinski definition) is 7. The van der Waals surface area contributed by atoms with Crippen LogP contribution in [0.3, 0.4) is 0 Å². The van der Waals surface area contributed by atoms with Crippen molar-refractivity contribution < 1.29 is 14.3 Å². The lowest BCUT2D eigenvalue weighted by molar-refractivity contribution is 0.00819. The van der Waals surface area contributed by atoms with Crippen LogP contribution in [0.15, 0.2) is 33.9 Å². The predicted octanol–water partition coefficient (Wildman–Crippen LogP) is 2.79. The van der Waals surface area contributed by atoms with Gasteiger partial charge in [-0.05, 0) is 51.7 Å². The Bertz CT molecular complexity index is 1110. The number of likely N-dealkylation sites (tertiary alicyclic amines) is 1. The van der Waals surface area contributed by atoms with Gasteiger partial charge in [-0.25, -0.2) is 19.0 Å². The van der Waals surface area contributed by atoms with Gasteiger partial charge in [0, 0.05) is 38.3 Å². The van der Waals surface area contributed by atoms with Gasteiger partial charge < -0.3 is 19.7 Å². The molecular formula is C24H33N5O5. The summed E-state index contributed by atoms with van der Waals surface area (Å²) in [5.41, 5.74) is 0.582. The fraction of sp³-hybridized carbons (Fsp3) is 0.583. The third-order valence-corrected chi connectivity index (χ3v) is 6.18. The van der Waals surface area contributed by atoms with E-state index in [9.17, 15) is 14.4 Å². The lowest BCUT2D eigenvalue weighted by Gasteiger charge is -2.40. The standard InChI is InChI=1S/C24H33N5O5/c1-15(25-20-26-21(30)29(22(31)27-20)19-8-10-33-11-9-19)16-6-5-7-17(12-16)18-13-28(14-18)23(32)34-24(2,3)4/h5-7,12,15,18-19H,8-11,13-14H2,1-4H3,(H2,25,26,27,30,31)/t15-/m0/s1. The second kappa shape index (κ2) is 9.61. The molecule has 2 aromatic rings. The van der Waals surface area contributed by atoms with E-state index in [1.54, 1.807) is 4.90 Å². The van der Waals surface area contributed by atoms with E-state index in [-0.39, 0.29) is 30.0 Å². The zero-order valence-corrected chi connectivity index (χ0v) is 20.2. The van der Waals surface area contributed by atoms with Crippen LogP contribution in [-0.2, 0) is 9.47 Å². The van der Waals surface area contributed by atoms with Crippen molar-refractivity contribution in [3.63, 3.8) is 0 Å². The van der Waals surface area contributed by atoms with Gasteiger partial charge in [0.1, 0.15) is 5.60 Å². The fourth-order valence-electron chi connectivity index (χ4n) is 4.30. The highest BCUT2D eigenvalue weighted by atomic mass is 16.6. The highest BCUT2D eigenvalue weighted by molar-refractivity contribution is 5.69. The number of H-pyrrole nitrogens is 1. The summed E-state index contributed by atoms with van der Waals surface area (Å²) < 4.78 is 11.9. The van der Waals surface area contributed by atoms with E-state index >= 15 is 0 Å². The average Bonchev–Trinajstić information content (AvgIpc) is 2.72. The minimum absolute atomic E-state index is 0.149. The fourth-order valence-corrected chi connectivity index (χ4v) is 4.30. The largest absolute Gasteiger partial charge is 0.444 e. The van der Waals surface area contributed by atoms with Crippen molar-refractivity contribution in [3.8, 4) is 0 Å². The first kappa shape index (κ1) is 24.0. The summed E-state index contributed by atoms with van der Waals surface area (Å²) in [5, 5.41) is 3.14. The molecular weight excluding hydrogens is 438 g/mol. The Morgan fingerprint density at radius 3 is 2.59 bits per heavy atom. The molecule has 1 amide bonds.